The van der Waals surface area contributed by atoms with Gasteiger partial charge in [-0.1, -0.05) is 19.1 Å². The monoisotopic (exact) mass is 253 g/mol. The predicted molar refractivity (Wildman–Crippen MR) is 71.2 cm³/mol. The molecule has 1 aromatic carbocycles. The van der Waals surface area contributed by atoms with Gasteiger partial charge in [0.15, 0.2) is 0 Å². The molecule has 1 rings (SSSR count). The molecule has 0 amide bonds. The van der Waals surface area contributed by atoms with Crippen molar-refractivity contribution in [1.82, 2.24) is 0 Å². The first kappa shape index (κ1) is 14.1. The largest absolute Gasteiger partial charge is 0.468 e. The summed E-state index contributed by atoms with van der Waals surface area (Å²) < 4.78 is 4.58. The summed E-state index contributed by atoms with van der Waals surface area (Å²) in [5.74, 6) is 0.732. The molecule has 0 aromatic heterocycles. The Kier molecular flexibility index (Phi) is 6.08. The minimum Gasteiger partial charge on any atom is -0.468 e. The number of carbonyl (C=O) groups is 1. The van der Waals surface area contributed by atoms with Crippen LogP contribution in [-0.2, 0) is 16.0 Å². The van der Waals surface area contributed by atoms with E-state index in [9.17, 15) is 4.79 Å². The molecule has 0 bridgehead atoms. The molecule has 0 saturated carbocycles. The van der Waals surface area contributed by atoms with E-state index in [0.29, 0.717) is 6.42 Å². The van der Waals surface area contributed by atoms with E-state index in [1.54, 1.807) is 0 Å². The van der Waals surface area contributed by atoms with Crippen molar-refractivity contribution in [2.24, 2.45) is 5.73 Å². The molecule has 0 aliphatic heterocycles. The molecule has 4 heteroatoms. The van der Waals surface area contributed by atoms with E-state index < -0.39 is 6.04 Å². The van der Waals surface area contributed by atoms with Crippen molar-refractivity contribution in [2.45, 2.75) is 30.7 Å². The second-order valence-corrected chi connectivity index (χ2v) is 5.08. The molecule has 0 aliphatic rings. The molecule has 0 saturated heterocycles. The van der Waals surface area contributed by atoms with Crippen molar-refractivity contribution >= 4 is 17.7 Å². The molecule has 2 N–H and O–H groups in total. The number of hydrogen-bond acceptors (Lipinski definition) is 4. The lowest BCUT2D eigenvalue weighted by molar-refractivity contribution is -0.142. The van der Waals surface area contributed by atoms with Gasteiger partial charge in [-0.3, -0.25) is 4.79 Å². The van der Waals surface area contributed by atoms with Gasteiger partial charge in [0.05, 0.1) is 7.11 Å². The number of hydrogen-bond donors (Lipinski definition) is 1. The van der Waals surface area contributed by atoms with E-state index in [1.165, 1.54) is 17.6 Å². The number of esters is 1. The number of ether oxygens (including phenoxy) is 1. The number of methoxy groups -OCH3 is 1. The first-order valence-corrected chi connectivity index (χ1v) is 6.71. The molecule has 17 heavy (non-hydrogen) atoms. The van der Waals surface area contributed by atoms with Crippen LogP contribution in [0, 0.1) is 0 Å². The topological polar surface area (TPSA) is 52.3 Å². The van der Waals surface area contributed by atoms with Gasteiger partial charge in [-0.25, -0.2) is 0 Å². The zero-order valence-electron chi connectivity index (χ0n) is 10.3. The average molecular weight is 253 g/mol. The van der Waals surface area contributed by atoms with Gasteiger partial charge in [0.1, 0.15) is 6.04 Å². The molecular formula is C13H19NO2S. The van der Waals surface area contributed by atoms with Gasteiger partial charge in [-0.15, -0.1) is 11.8 Å². The van der Waals surface area contributed by atoms with Crippen molar-refractivity contribution < 1.29 is 9.53 Å². The van der Waals surface area contributed by atoms with E-state index in [4.69, 9.17) is 5.73 Å². The molecule has 0 spiro atoms. The maximum absolute atomic E-state index is 11.1. The third kappa shape index (κ3) is 4.79. The molecule has 0 fully saturated rings. The fourth-order valence-corrected chi connectivity index (χ4v) is 2.17. The number of aryl methyl sites for hydroxylation is 1. The fraction of sp³-hybridized carbons (Fsp3) is 0.462. The average Bonchev–Trinajstić information content (AvgIpc) is 2.37. The Bertz CT molecular complexity index is 351. The third-order valence-corrected chi connectivity index (χ3v) is 3.38. The van der Waals surface area contributed by atoms with Crippen LogP contribution >= 0.6 is 11.8 Å². The number of rotatable bonds is 6. The number of thioether (sulfide) groups is 1. The second kappa shape index (κ2) is 7.35. The number of carbonyl (C=O) groups excluding carboxylic acids is 1. The lowest BCUT2D eigenvalue weighted by Crippen LogP contribution is -2.31. The van der Waals surface area contributed by atoms with E-state index in [-0.39, 0.29) is 5.97 Å². The standard InChI is InChI=1S/C13H19NO2S/c1-3-17-11-7-4-10(5-8-11)6-9-12(14)13(15)16-2/h4-5,7-8,12H,3,6,9,14H2,1-2H3. The van der Waals surface area contributed by atoms with Crippen LogP contribution in [0.15, 0.2) is 29.2 Å². The van der Waals surface area contributed by atoms with Crippen LogP contribution in [0.4, 0.5) is 0 Å². The minimum atomic E-state index is -0.523. The smallest absolute Gasteiger partial charge is 0.322 e. The fourth-order valence-electron chi connectivity index (χ4n) is 1.51. The Balaban J connectivity index is 2.44. The Morgan fingerprint density at radius 3 is 2.59 bits per heavy atom. The Morgan fingerprint density at radius 2 is 2.06 bits per heavy atom. The molecule has 1 atom stereocenters. The lowest BCUT2D eigenvalue weighted by Gasteiger charge is -2.09. The van der Waals surface area contributed by atoms with Gasteiger partial charge < -0.3 is 10.5 Å². The first-order valence-electron chi connectivity index (χ1n) is 5.72. The summed E-state index contributed by atoms with van der Waals surface area (Å²) in [5.41, 5.74) is 6.87. The molecule has 0 heterocycles. The number of nitrogens with two attached hydrogens (primary N) is 1. The van der Waals surface area contributed by atoms with E-state index in [2.05, 4.69) is 35.9 Å². The molecular weight excluding hydrogens is 234 g/mol. The molecule has 0 radical (unpaired) electrons. The van der Waals surface area contributed by atoms with Gasteiger partial charge in [-0.2, -0.15) is 0 Å². The highest BCUT2D eigenvalue weighted by atomic mass is 32.2. The predicted octanol–water partition coefficient (Wildman–Crippen LogP) is 2.23. The van der Waals surface area contributed by atoms with Gasteiger partial charge in [0.2, 0.25) is 0 Å². The van der Waals surface area contributed by atoms with Crippen LogP contribution in [-0.4, -0.2) is 24.9 Å². The highest BCUT2D eigenvalue weighted by Gasteiger charge is 2.12. The second-order valence-electron chi connectivity index (χ2n) is 3.75. The molecule has 0 aliphatic carbocycles. The Labute approximate surface area is 107 Å². The third-order valence-electron chi connectivity index (χ3n) is 2.48. The van der Waals surface area contributed by atoms with E-state index in [1.807, 2.05) is 11.8 Å². The lowest BCUT2D eigenvalue weighted by atomic mass is 10.1. The van der Waals surface area contributed by atoms with Crippen LogP contribution in [0.1, 0.15) is 18.9 Å². The summed E-state index contributed by atoms with van der Waals surface area (Å²) >= 11 is 1.82. The summed E-state index contributed by atoms with van der Waals surface area (Å²) in [6.07, 6.45) is 1.42. The van der Waals surface area contributed by atoms with E-state index in [0.717, 1.165) is 12.2 Å². The van der Waals surface area contributed by atoms with E-state index >= 15 is 0 Å². The number of benzene rings is 1. The zero-order valence-corrected chi connectivity index (χ0v) is 11.1. The van der Waals surface area contributed by atoms with Crippen LogP contribution < -0.4 is 5.73 Å². The van der Waals surface area contributed by atoms with Gasteiger partial charge in [-0.05, 0) is 36.3 Å². The first-order chi connectivity index (χ1) is 8.17. The van der Waals surface area contributed by atoms with Crippen LogP contribution in [0.25, 0.3) is 0 Å². The van der Waals surface area contributed by atoms with Crippen LogP contribution in [0.3, 0.4) is 0 Å². The van der Waals surface area contributed by atoms with Crippen molar-refractivity contribution in [3.8, 4) is 0 Å². The highest BCUT2D eigenvalue weighted by Crippen LogP contribution is 2.18. The van der Waals surface area contributed by atoms with Crippen molar-refractivity contribution in [3.63, 3.8) is 0 Å². The van der Waals surface area contributed by atoms with Crippen molar-refractivity contribution in [3.05, 3.63) is 29.8 Å². The maximum Gasteiger partial charge on any atom is 0.322 e. The SMILES string of the molecule is CCSc1ccc(CCC(N)C(=O)OC)cc1. The maximum atomic E-state index is 11.1. The van der Waals surface area contributed by atoms with Gasteiger partial charge in [0.25, 0.3) is 0 Å². The quantitative estimate of drug-likeness (QED) is 0.624. The summed E-state index contributed by atoms with van der Waals surface area (Å²) in [6.45, 7) is 2.13. The summed E-state index contributed by atoms with van der Waals surface area (Å²) in [7, 11) is 1.36. The van der Waals surface area contributed by atoms with Crippen molar-refractivity contribution in [2.75, 3.05) is 12.9 Å². The zero-order chi connectivity index (χ0) is 12.7. The highest BCUT2D eigenvalue weighted by molar-refractivity contribution is 7.99. The molecule has 1 aromatic rings. The molecule has 94 valence electrons. The Morgan fingerprint density at radius 1 is 1.41 bits per heavy atom. The summed E-state index contributed by atoms with van der Waals surface area (Å²) in [4.78, 5) is 12.4. The summed E-state index contributed by atoms with van der Waals surface area (Å²) in [6, 6.07) is 7.86. The molecule has 3 nitrogen and oxygen atoms in total. The van der Waals surface area contributed by atoms with Crippen LogP contribution in [0.2, 0.25) is 0 Å². The molecule has 1 unspecified atom stereocenters. The van der Waals surface area contributed by atoms with Gasteiger partial charge >= 0.3 is 5.97 Å². The summed E-state index contributed by atoms with van der Waals surface area (Å²) in [5, 5.41) is 0. The minimum absolute atomic E-state index is 0.344. The van der Waals surface area contributed by atoms with Crippen LogP contribution in [0.5, 0.6) is 0 Å². The van der Waals surface area contributed by atoms with Gasteiger partial charge in [0, 0.05) is 4.90 Å². The normalized spacial score (nSPS) is 12.2. The Hall–Kier alpha value is -1.00. The van der Waals surface area contributed by atoms with Crippen molar-refractivity contribution in [1.29, 1.82) is 0 Å².